The summed E-state index contributed by atoms with van der Waals surface area (Å²) < 4.78 is 5.03. The van der Waals surface area contributed by atoms with E-state index in [1.54, 1.807) is 25.6 Å². The van der Waals surface area contributed by atoms with Crippen molar-refractivity contribution in [2.75, 3.05) is 7.11 Å². The van der Waals surface area contributed by atoms with Gasteiger partial charge >= 0.3 is 0 Å². The summed E-state index contributed by atoms with van der Waals surface area (Å²) in [5.41, 5.74) is 6.34. The lowest BCUT2D eigenvalue weighted by Crippen LogP contribution is -2.48. The monoisotopic (exact) mass is 220 g/mol. The van der Waals surface area contributed by atoms with Gasteiger partial charge in [0.25, 0.3) is 0 Å². The Kier molecular flexibility index (Phi) is 2.92. The summed E-state index contributed by atoms with van der Waals surface area (Å²) in [6.45, 7) is 0. The number of methoxy groups -OCH3 is 1. The number of rotatable bonds is 4. The highest BCUT2D eigenvalue weighted by Crippen LogP contribution is 2.33. The molecule has 1 heterocycles. The maximum Gasteiger partial charge on any atom is 0.166 e. The number of nitrogens with two attached hydrogens (primary N) is 1. The van der Waals surface area contributed by atoms with Crippen molar-refractivity contribution in [3.05, 3.63) is 24.0 Å². The summed E-state index contributed by atoms with van der Waals surface area (Å²) in [5.74, 6) is 0.652. The van der Waals surface area contributed by atoms with E-state index >= 15 is 0 Å². The van der Waals surface area contributed by atoms with Crippen LogP contribution in [0.15, 0.2) is 18.5 Å². The largest absolute Gasteiger partial charge is 0.495 e. The second-order valence-corrected chi connectivity index (χ2v) is 4.43. The minimum absolute atomic E-state index is 0.0496. The summed E-state index contributed by atoms with van der Waals surface area (Å²) in [6.07, 6.45) is 6.56. The summed E-state index contributed by atoms with van der Waals surface area (Å²) in [7, 11) is 1.56. The number of ketones is 1. The lowest BCUT2D eigenvalue weighted by atomic mass is 9.74. The molecule has 0 unspecified atom stereocenters. The maximum absolute atomic E-state index is 11.9. The van der Waals surface area contributed by atoms with Crippen LogP contribution < -0.4 is 10.5 Å². The van der Waals surface area contributed by atoms with Gasteiger partial charge in [-0.3, -0.25) is 9.78 Å². The first-order valence-corrected chi connectivity index (χ1v) is 5.44. The van der Waals surface area contributed by atoms with Gasteiger partial charge in [0.1, 0.15) is 5.75 Å². The molecule has 4 heteroatoms. The molecule has 1 fully saturated rings. The lowest BCUT2D eigenvalue weighted by Gasteiger charge is -2.37. The van der Waals surface area contributed by atoms with Crippen LogP contribution in [0.2, 0.25) is 0 Å². The molecule has 0 aromatic carbocycles. The average molecular weight is 220 g/mol. The molecule has 1 aliphatic carbocycles. The Hall–Kier alpha value is -1.42. The third kappa shape index (κ3) is 2.22. The van der Waals surface area contributed by atoms with Gasteiger partial charge in [0, 0.05) is 23.7 Å². The molecule has 0 atom stereocenters. The summed E-state index contributed by atoms with van der Waals surface area (Å²) in [4.78, 5) is 15.9. The molecule has 2 rings (SSSR count). The van der Waals surface area contributed by atoms with Gasteiger partial charge in [0.15, 0.2) is 5.78 Å². The number of ether oxygens (including phenoxy) is 1. The molecule has 0 radical (unpaired) electrons. The van der Waals surface area contributed by atoms with Crippen LogP contribution >= 0.6 is 0 Å². The summed E-state index contributed by atoms with van der Waals surface area (Å²) in [6, 6.07) is 1.71. The number of hydrogen-bond donors (Lipinski definition) is 1. The summed E-state index contributed by atoms with van der Waals surface area (Å²) in [5, 5.41) is 0. The van der Waals surface area contributed by atoms with Crippen LogP contribution in [0.25, 0.3) is 0 Å². The van der Waals surface area contributed by atoms with Crippen LogP contribution in [0.3, 0.4) is 0 Å². The van der Waals surface area contributed by atoms with Crippen molar-refractivity contribution in [2.24, 2.45) is 5.73 Å². The Morgan fingerprint density at radius 2 is 2.31 bits per heavy atom. The highest BCUT2D eigenvalue weighted by Gasteiger charge is 2.34. The number of carbonyl (C=O) groups is 1. The van der Waals surface area contributed by atoms with Gasteiger partial charge in [-0.2, -0.15) is 0 Å². The lowest BCUT2D eigenvalue weighted by molar-refractivity contribution is 0.0911. The molecule has 1 aromatic heterocycles. The standard InChI is InChI=1S/C12H16N2O2/c1-16-10-5-9(7-14-8-10)11(15)6-12(13)3-2-4-12/h5,7-8H,2-4,6,13H2,1H3. The van der Waals surface area contributed by atoms with Crippen LogP contribution in [0.4, 0.5) is 0 Å². The quantitative estimate of drug-likeness (QED) is 0.782. The molecular formula is C12H16N2O2. The van der Waals surface area contributed by atoms with E-state index in [1.807, 2.05) is 0 Å². The second kappa shape index (κ2) is 4.22. The van der Waals surface area contributed by atoms with Gasteiger partial charge in [0.2, 0.25) is 0 Å². The Morgan fingerprint density at radius 3 is 2.88 bits per heavy atom. The summed E-state index contributed by atoms with van der Waals surface area (Å²) >= 11 is 0. The highest BCUT2D eigenvalue weighted by atomic mass is 16.5. The predicted molar refractivity (Wildman–Crippen MR) is 60.5 cm³/mol. The number of hydrogen-bond acceptors (Lipinski definition) is 4. The van der Waals surface area contributed by atoms with Crippen molar-refractivity contribution in [1.29, 1.82) is 0 Å². The van der Waals surface area contributed by atoms with Crippen molar-refractivity contribution in [3.63, 3.8) is 0 Å². The Morgan fingerprint density at radius 1 is 1.56 bits per heavy atom. The molecule has 0 saturated heterocycles. The molecule has 4 nitrogen and oxygen atoms in total. The normalized spacial score (nSPS) is 17.6. The van der Waals surface area contributed by atoms with Crippen LogP contribution in [0, 0.1) is 0 Å². The number of nitrogens with zero attached hydrogens (tertiary/aromatic N) is 1. The van der Waals surface area contributed by atoms with E-state index in [4.69, 9.17) is 10.5 Å². The van der Waals surface area contributed by atoms with Crippen molar-refractivity contribution in [1.82, 2.24) is 4.98 Å². The fourth-order valence-corrected chi connectivity index (χ4v) is 1.91. The number of carbonyl (C=O) groups excluding carboxylic acids is 1. The van der Waals surface area contributed by atoms with E-state index in [1.165, 1.54) is 0 Å². The number of aromatic nitrogens is 1. The van der Waals surface area contributed by atoms with Crippen molar-refractivity contribution >= 4 is 5.78 Å². The predicted octanol–water partition coefficient (Wildman–Crippen LogP) is 1.54. The van der Waals surface area contributed by atoms with Crippen LogP contribution in [0.5, 0.6) is 5.75 Å². The maximum atomic E-state index is 11.9. The van der Waals surface area contributed by atoms with E-state index in [-0.39, 0.29) is 11.3 Å². The number of pyridine rings is 1. The Balaban J connectivity index is 2.08. The molecular weight excluding hydrogens is 204 g/mol. The van der Waals surface area contributed by atoms with Gasteiger partial charge in [-0.1, -0.05) is 0 Å². The molecule has 0 spiro atoms. The molecule has 16 heavy (non-hydrogen) atoms. The van der Waals surface area contributed by atoms with Crippen LogP contribution in [-0.4, -0.2) is 23.4 Å². The zero-order chi connectivity index (χ0) is 11.6. The Bertz CT molecular complexity index is 400. The smallest absolute Gasteiger partial charge is 0.166 e. The van der Waals surface area contributed by atoms with Gasteiger partial charge in [-0.15, -0.1) is 0 Å². The molecule has 1 aromatic rings. The topological polar surface area (TPSA) is 65.2 Å². The average Bonchev–Trinajstić information content (AvgIpc) is 2.27. The van der Waals surface area contributed by atoms with Crippen molar-refractivity contribution < 1.29 is 9.53 Å². The number of Topliss-reactive ketones (excluding diaryl/α,β-unsaturated/α-hetero) is 1. The minimum Gasteiger partial charge on any atom is -0.495 e. The first-order chi connectivity index (χ1) is 7.63. The molecule has 0 bridgehead atoms. The second-order valence-electron chi connectivity index (χ2n) is 4.43. The zero-order valence-corrected chi connectivity index (χ0v) is 9.40. The van der Waals surface area contributed by atoms with E-state index < -0.39 is 0 Å². The third-order valence-electron chi connectivity index (χ3n) is 3.13. The van der Waals surface area contributed by atoms with Crippen molar-refractivity contribution in [2.45, 2.75) is 31.2 Å². The fourth-order valence-electron chi connectivity index (χ4n) is 1.91. The minimum atomic E-state index is -0.278. The van der Waals surface area contributed by atoms with Crippen LogP contribution in [-0.2, 0) is 0 Å². The first kappa shape index (κ1) is 11.1. The van der Waals surface area contributed by atoms with E-state index in [0.29, 0.717) is 17.7 Å². The highest BCUT2D eigenvalue weighted by molar-refractivity contribution is 5.96. The zero-order valence-electron chi connectivity index (χ0n) is 9.40. The molecule has 1 aliphatic rings. The van der Waals surface area contributed by atoms with Gasteiger partial charge < -0.3 is 10.5 Å². The molecule has 2 N–H and O–H groups in total. The van der Waals surface area contributed by atoms with Gasteiger partial charge in [-0.25, -0.2) is 0 Å². The van der Waals surface area contributed by atoms with Crippen LogP contribution in [0.1, 0.15) is 36.0 Å². The molecule has 0 amide bonds. The van der Waals surface area contributed by atoms with Gasteiger partial charge in [0.05, 0.1) is 13.3 Å². The first-order valence-electron chi connectivity index (χ1n) is 5.44. The Labute approximate surface area is 94.8 Å². The van der Waals surface area contributed by atoms with E-state index in [9.17, 15) is 4.79 Å². The molecule has 1 saturated carbocycles. The van der Waals surface area contributed by atoms with Gasteiger partial charge in [-0.05, 0) is 25.3 Å². The SMILES string of the molecule is COc1cncc(C(=O)CC2(N)CCC2)c1. The fraction of sp³-hybridized carbons (Fsp3) is 0.500. The van der Waals surface area contributed by atoms with Crippen molar-refractivity contribution in [3.8, 4) is 5.75 Å². The third-order valence-corrected chi connectivity index (χ3v) is 3.13. The molecule has 0 aliphatic heterocycles. The molecule has 86 valence electrons. The van der Waals surface area contributed by atoms with E-state index in [2.05, 4.69) is 4.98 Å². The van der Waals surface area contributed by atoms with E-state index in [0.717, 1.165) is 19.3 Å².